The summed E-state index contributed by atoms with van der Waals surface area (Å²) in [5.41, 5.74) is 5.75. The lowest BCUT2D eigenvalue weighted by Gasteiger charge is -2.18. The predicted molar refractivity (Wildman–Crippen MR) is 58.9 cm³/mol. The first-order valence-electron chi connectivity index (χ1n) is 4.31. The molecule has 0 heterocycles. The van der Waals surface area contributed by atoms with Crippen molar-refractivity contribution < 1.29 is 4.89 Å². The van der Waals surface area contributed by atoms with Gasteiger partial charge in [0.1, 0.15) is 6.42 Å². The third-order valence-electron chi connectivity index (χ3n) is 1.66. The van der Waals surface area contributed by atoms with Crippen molar-refractivity contribution in [2.75, 3.05) is 6.16 Å². The summed E-state index contributed by atoms with van der Waals surface area (Å²) in [6.07, 6.45) is 1.45. The molecule has 0 aromatic heterocycles. The number of hydrogen-bond donors (Lipinski definition) is 2. The van der Waals surface area contributed by atoms with E-state index in [-0.39, 0.29) is 0 Å². The van der Waals surface area contributed by atoms with Gasteiger partial charge in [-0.05, 0) is 18.3 Å². The molecule has 0 spiro atoms. The molecule has 0 aliphatic heterocycles. The fourth-order valence-electron chi connectivity index (χ4n) is 0.994. The Kier molecular flexibility index (Phi) is 4.93. The van der Waals surface area contributed by atoms with Gasteiger partial charge in [0.15, 0.2) is 0 Å². The quantitative estimate of drug-likeness (QED) is 0.552. The summed E-state index contributed by atoms with van der Waals surface area (Å²) in [6.45, 7) is 6.64. The fraction of sp³-hybridized carbons (Fsp3) is 1.00. The molecule has 0 aliphatic carbocycles. The van der Waals surface area contributed by atoms with Crippen LogP contribution in [0.25, 0.3) is 0 Å². The molecule has 74 valence electrons. The number of rotatable bonds is 4. The molecular weight excluding hydrogens is 189 g/mol. The molecular formula is C8H20NOPS. The first-order chi connectivity index (χ1) is 5.21. The standard InChI is InChI=1S/C8H20NOPS/c1-8(2,3)6-4-5-7-11(9,10)12/h4-7H2,1-3H3,(H3,9,10,12). The highest BCUT2D eigenvalue weighted by Crippen LogP contribution is 2.32. The second-order valence-electron chi connectivity index (χ2n) is 4.50. The molecule has 0 rings (SSSR count). The van der Waals surface area contributed by atoms with Crippen LogP contribution in [0.3, 0.4) is 0 Å². The van der Waals surface area contributed by atoms with Crippen LogP contribution in [-0.4, -0.2) is 11.1 Å². The van der Waals surface area contributed by atoms with Crippen LogP contribution < -0.4 is 5.50 Å². The van der Waals surface area contributed by atoms with Gasteiger partial charge in [0.25, 0.3) is 0 Å². The molecule has 2 nitrogen and oxygen atoms in total. The smallest absolute Gasteiger partial charge is 0.124 e. The highest BCUT2D eigenvalue weighted by molar-refractivity contribution is 8.10. The monoisotopic (exact) mass is 209 g/mol. The molecule has 0 bridgehead atoms. The van der Waals surface area contributed by atoms with E-state index >= 15 is 0 Å². The predicted octanol–water partition coefficient (Wildman–Crippen LogP) is 2.46. The SMILES string of the molecule is CC(C)(C)CCCCP(N)(O)=S. The van der Waals surface area contributed by atoms with Crippen LogP contribution in [0.2, 0.25) is 0 Å². The van der Waals surface area contributed by atoms with E-state index in [9.17, 15) is 0 Å². The number of hydrogen-bond acceptors (Lipinski definition) is 1. The van der Waals surface area contributed by atoms with E-state index < -0.39 is 6.42 Å². The molecule has 0 radical (unpaired) electrons. The zero-order valence-corrected chi connectivity index (χ0v) is 9.92. The van der Waals surface area contributed by atoms with Gasteiger partial charge in [-0.3, -0.25) is 5.50 Å². The second kappa shape index (κ2) is 4.71. The Labute approximate surface area is 80.7 Å². The Hall–Kier alpha value is 0.570. The molecule has 0 aromatic carbocycles. The normalized spacial score (nSPS) is 17.4. The molecule has 1 atom stereocenters. The molecule has 4 heteroatoms. The molecule has 1 unspecified atom stereocenters. The Balaban J connectivity index is 3.41. The summed E-state index contributed by atoms with van der Waals surface area (Å²) in [5.74, 6) is 0. The maximum atomic E-state index is 9.15. The number of unbranched alkanes of at least 4 members (excludes halogenated alkanes) is 1. The van der Waals surface area contributed by atoms with Crippen molar-refractivity contribution in [2.24, 2.45) is 10.9 Å². The topological polar surface area (TPSA) is 46.2 Å². The minimum atomic E-state index is -2.41. The van der Waals surface area contributed by atoms with Crippen molar-refractivity contribution in [2.45, 2.75) is 40.0 Å². The van der Waals surface area contributed by atoms with Crippen molar-refractivity contribution in [3.63, 3.8) is 0 Å². The lowest BCUT2D eigenvalue weighted by Crippen LogP contribution is -2.05. The average Bonchev–Trinajstić information content (AvgIpc) is 1.76. The third kappa shape index (κ3) is 10.6. The first-order valence-corrected chi connectivity index (χ1v) is 7.32. The van der Waals surface area contributed by atoms with E-state index in [0.29, 0.717) is 11.6 Å². The Morgan fingerprint density at radius 3 is 2.17 bits per heavy atom. The van der Waals surface area contributed by atoms with Crippen molar-refractivity contribution >= 4 is 18.2 Å². The minimum absolute atomic E-state index is 0.382. The molecule has 0 saturated carbocycles. The highest BCUT2D eigenvalue weighted by Gasteiger charge is 2.10. The van der Waals surface area contributed by atoms with Crippen molar-refractivity contribution in [1.82, 2.24) is 0 Å². The van der Waals surface area contributed by atoms with Crippen LogP contribution in [-0.2, 0) is 11.8 Å². The molecule has 0 fully saturated rings. The van der Waals surface area contributed by atoms with Gasteiger partial charge in [-0.15, -0.1) is 0 Å². The summed E-state index contributed by atoms with van der Waals surface area (Å²) in [5, 5.41) is 0. The van der Waals surface area contributed by atoms with E-state index in [1.807, 2.05) is 0 Å². The second-order valence-corrected chi connectivity index (χ2v) is 8.35. The average molecular weight is 209 g/mol. The van der Waals surface area contributed by atoms with Crippen molar-refractivity contribution in [3.05, 3.63) is 0 Å². The van der Waals surface area contributed by atoms with E-state index in [4.69, 9.17) is 22.2 Å². The van der Waals surface area contributed by atoms with Crippen LogP contribution in [0.4, 0.5) is 0 Å². The van der Waals surface area contributed by atoms with Crippen LogP contribution in [0.1, 0.15) is 40.0 Å². The lowest BCUT2D eigenvalue weighted by atomic mass is 9.90. The highest BCUT2D eigenvalue weighted by atomic mass is 32.4. The summed E-state index contributed by atoms with van der Waals surface area (Å²) >= 11 is 4.74. The largest absolute Gasteiger partial charge is 0.354 e. The van der Waals surface area contributed by atoms with Crippen LogP contribution in [0, 0.1) is 5.41 Å². The molecule has 0 saturated heterocycles. The summed E-state index contributed by atoms with van der Waals surface area (Å²) in [7, 11) is 0. The Morgan fingerprint density at radius 1 is 1.33 bits per heavy atom. The van der Waals surface area contributed by atoms with Crippen LogP contribution >= 0.6 is 6.42 Å². The van der Waals surface area contributed by atoms with Gasteiger partial charge in [0.05, 0.1) is 0 Å². The van der Waals surface area contributed by atoms with Gasteiger partial charge in [-0.25, -0.2) is 0 Å². The molecule has 12 heavy (non-hydrogen) atoms. The fourth-order valence-corrected chi connectivity index (χ4v) is 2.06. The van der Waals surface area contributed by atoms with E-state index in [1.54, 1.807) is 0 Å². The summed E-state index contributed by atoms with van der Waals surface area (Å²) < 4.78 is 0. The van der Waals surface area contributed by atoms with Gasteiger partial charge in [0, 0.05) is 6.16 Å². The van der Waals surface area contributed by atoms with Gasteiger partial charge >= 0.3 is 0 Å². The first kappa shape index (κ1) is 12.6. The van der Waals surface area contributed by atoms with Gasteiger partial charge in [-0.2, -0.15) is 0 Å². The zero-order valence-electron chi connectivity index (χ0n) is 8.21. The van der Waals surface area contributed by atoms with E-state index in [1.165, 1.54) is 6.42 Å². The third-order valence-corrected chi connectivity index (χ3v) is 3.16. The maximum absolute atomic E-state index is 9.15. The minimum Gasteiger partial charge on any atom is -0.354 e. The lowest BCUT2D eigenvalue weighted by molar-refractivity contribution is 0.363. The van der Waals surface area contributed by atoms with Gasteiger partial charge in [0.2, 0.25) is 0 Å². The van der Waals surface area contributed by atoms with E-state index in [0.717, 1.165) is 12.8 Å². The number of nitrogens with two attached hydrogens (primary N) is 1. The van der Waals surface area contributed by atoms with Crippen LogP contribution in [0.5, 0.6) is 0 Å². The molecule has 3 N–H and O–H groups in total. The van der Waals surface area contributed by atoms with Gasteiger partial charge in [-0.1, -0.05) is 39.0 Å². The molecule has 0 aromatic rings. The Bertz CT molecular complexity index is 170. The van der Waals surface area contributed by atoms with Gasteiger partial charge < -0.3 is 4.89 Å². The maximum Gasteiger partial charge on any atom is 0.124 e. The zero-order chi connectivity index (χ0) is 9.83. The van der Waals surface area contributed by atoms with Crippen molar-refractivity contribution in [1.29, 1.82) is 0 Å². The van der Waals surface area contributed by atoms with Crippen molar-refractivity contribution in [3.8, 4) is 0 Å². The Morgan fingerprint density at radius 2 is 1.83 bits per heavy atom. The van der Waals surface area contributed by atoms with Crippen LogP contribution in [0.15, 0.2) is 0 Å². The molecule has 0 amide bonds. The summed E-state index contributed by atoms with van der Waals surface area (Å²) in [6, 6.07) is 0. The summed E-state index contributed by atoms with van der Waals surface area (Å²) in [4.78, 5) is 9.15. The van der Waals surface area contributed by atoms with E-state index in [2.05, 4.69) is 20.8 Å². The molecule has 0 aliphatic rings.